The molecule has 1 aliphatic carbocycles. The number of benzene rings is 2. The van der Waals surface area contributed by atoms with Crippen LogP contribution in [0.1, 0.15) is 49.7 Å². The zero-order chi connectivity index (χ0) is 21.7. The molecular weight excluding hydrogens is 452 g/mol. The first-order valence-corrected chi connectivity index (χ1v) is 12.2. The highest BCUT2D eigenvalue weighted by atomic mass is 79.9. The van der Waals surface area contributed by atoms with Crippen molar-refractivity contribution in [3.8, 4) is 0 Å². The van der Waals surface area contributed by atoms with Gasteiger partial charge in [-0.15, -0.1) is 0 Å². The molecule has 0 aromatic heterocycles. The highest BCUT2D eigenvalue weighted by Crippen LogP contribution is 2.43. The van der Waals surface area contributed by atoms with Crippen molar-refractivity contribution in [2.24, 2.45) is 5.92 Å². The quantitative estimate of drug-likeness (QED) is 0.612. The second kappa shape index (κ2) is 9.99. The van der Waals surface area contributed by atoms with Gasteiger partial charge in [-0.1, -0.05) is 64.8 Å². The van der Waals surface area contributed by atoms with Gasteiger partial charge in [0.25, 0.3) is 0 Å². The van der Waals surface area contributed by atoms with Crippen LogP contribution in [0, 0.1) is 5.92 Å². The van der Waals surface area contributed by atoms with Crippen molar-refractivity contribution in [1.82, 2.24) is 10.2 Å². The molecule has 2 fully saturated rings. The molecule has 164 valence electrons. The van der Waals surface area contributed by atoms with E-state index >= 15 is 0 Å². The van der Waals surface area contributed by atoms with E-state index in [1.165, 1.54) is 17.5 Å². The Hall–Kier alpha value is -2.14. The van der Waals surface area contributed by atoms with E-state index in [2.05, 4.69) is 51.6 Å². The van der Waals surface area contributed by atoms with E-state index in [1.54, 1.807) is 0 Å². The summed E-state index contributed by atoms with van der Waals surface area (Å²) in [5.41, 5.74) is 2.58. The monoisotopic (exact) mass is 482 g/mol. The predicted octanol–water partition coefficient (Wildman–Crippen LogP) is 4.86. The van der Waals surface area contributed by atoms with Crippen LogP contribution in [0.4, 0.5) is 0 Å². The molecule has 1 aliphatic heterocycles. The van der Waals surface area contributed by atoms with E-state index in [0.717, 1.165) is 36.6 Å². The molecule has 2 amide bonds. The summed E-state index contributed by atoms with van der Waals surface area (Å²) in [4.78, 5) is 27.3. The molecule has 0 atom stereocenters. The van der Waals surface area contributed by atoms with Crippen LogP contribution < -0.4 is 5.32 Å². The van der Waals surface area contributed by atoms with Crippen LogP contribution in [0.3, 0.4) is 0 Å². The second-order valence-electron chi connectivity index (χ2n) is 9.00. The van der Waals surface area contributed by atoms with Gasteiger partial charge in [-0.05, 0) is 55.4 Å². The minimum atomic E-state index is 0.0119. The Morgan fingerprint density at radius 3 is 2.42 bits per heavy atom. The number of nitrogens with one attached hydrogen (secondary N) is 1. The van der Waals surface area contributed by atoms with Crippen molar-refractivity contribution in [2.75, 3.05) is 19.6 Å². The number of carbonyl (C=O) groups is 2. The molecular formula is C26H31BrN2O2. The minimum absolute atomic E-state index is 0.0119. The smallest absolute Gasteiger partial charge is 0.223 e. The van der Waals surface area contributed by atoms with Gasteiger partial charge in [-0.2, -0.15) is 0 Å². The van der Waals surface area contributed by atoms with E-state index in [1.807, 2.05) is 29.2 Å². The van der Waals surface area contributed by atoms with Crippen LogP contribution in [0.15, 0.2) is 59.1 Å². The maximum atomic E-state index is 12.8. The maximum absolute atomic E-state index is 12.8. The summed E-state index contributed by atoms with van der Waals surface area (Å²) in [6.07, 6.45) is 6.29. The van der Waals surface area contributed by atoms with Gasteiger partial charge in [0.2, 0.25) is 11.8 Å². The molecule has 2 aromatic rings. The average molecular weight is 483 g/mol. The third-order valence-corrected chi connectivity index (χ3v) is 7.53. The molecule has 0 radical (unpaired) electrons. The lowest BCUT2D eigenvalue weighted by Gasteiger charge is -2.43. The Balaban J connectivity index is 1.23. The minimum Gasteiger partial charge on any atom is -0.355 e. The zero-order valence-electron chi connectivity index (χ0n) is 18.0. The second-order valence-corrected chi connectivity index (χ2v) is 9.92. The van der Waals surface area contributed by atoms with Gasteiger partial charge in [-0.3, -0.25) is 9.59 Å². The van der Waals surface area contributed by atoms with Crippen molar-refractivity contribution in [3.05, 3.63) is 70.2 Å². The average Bonchev–Trinajstić information content (AvgIpc) is 2.77. The van der Waals surface area contributed by atoms with E-state index in [0.29, 0.717) is 26.1 Å². The van der Waals surface area contributed by atoms with Gasteiger partial charge in [0.05, 0.1) is 0 Å². The topological polar surface area (TPSA) is 49.4 Å². The summed E-state index contributed by atoms with van der Waals surface area (Å²) in [6.45, 7) is 2.07. The van der Waals surface area contributed by atoms with E-state index < -0.39 is 0 Å². The summed E-state index contributed by atoms with van der Waals surface area (Å²) >= 11 is 3.57. The molecule has 1 saturated heterocycles. The predicted molar refractivity (Wildman–Crippen MR) is 127 cm³/mol. The lowest BCUT2D eigenvalue weighted by atomic mass is 9.64. The Labute approximate surface area is 193 Å². The number of hydrogen-bond acceptors (Lipinski definition) is 2. The Morgan fingerprint density at radius 2 is 1.77 bits per heavy atom. The molecule has 0 unspecified atom stereocenters. The Kier molecular flexibility index (Phi) is 7.11. The van der Waals surface area contributed by atoms with Crippen molar-refractivity contribution in [2.45, 2.75) is 50.4 Å². The van der Waals surface area contributed by atoms with Gasteiger partial charge >= 0.3 is 0 Å². The highest BCUT2D eigenvalue weighted by molar-refractivity contribution is 9.10. The molecule has 2 aliphatic rings. The fourth-order valence-corrected chi connectivity index (χ4v) is 5.23. The van der Waals surface area contributed by atoms with Crippen molar-refractivity contribution >= 4 is 27.7 Å². The molecule has 2 aromatic carbocycles. The fraction of sp³-hybridized carbons (Fsp3) is 0.462. The van der Waals surface area contributed by atoms with E-state index in [9.17, 15) is 9.59 Å². The Morgan fingerprint density at radius 1 is 1.03 bits per heavy atom. The first-order chi connectivity index (χ1) is 15.1. The molecule has 4 rings (SSSR count). The van der Waals surface area contributed by atoms with E-state index in [4.69, 9.17) is 0 Å². The number of aryl methyl sites for hydroxylation is 1. The first kappa shape index (κ1) is 22.1. The van der Waals surface area contributed by atoms with E-state index in [-0.39, 0.29) is 23.1 Å². The number of hydrogen-bond donors (Lipinski definition) is 1. The van der Waals surface area contributed by atoms with Crippen LogP contribution in [-0.2, 0) is 21.4 Å². The SMILES string of the molecule is O=C(NCC1(c2cccc(Br)c2)CCC1)C1CCN(C(=O)CCc2ccccc2)CC1. The first-order valence-electron chi connectivity index (χ1n) is 11.4. The lowest BCUT2D eigenvalue weighted by molar-refractivity contribution is -0.135. The summed E-state index contributed by atoms with van der Waals surface area (Å²) in [6, 6.07) is 18.6. The van der Waals surface area contributed by atoms with Crippen LogP contribution in [-0.4, -0.2) is 36.3 Å². The summed E-state index contributed by atoms with van der Waals surface area (Å²) in [5.74, 6) is 0.362. The van der Waals surface area contributed by atoms with Gasteiger partial charge in [0.15, 0.2) is 0 Å². The number of amides is 2. The normalized spacial score (nSPS) is 18.3. The molecule has 0 bridgehead atoms. The summed E-state index contributed by atoms with van der Waals surface area (Å²) < 4.78 is 1.09. The lowest BCUT2D eigenvalue weighted by Crippen LogP contribution is -2.48. The number of rotatable bonds is 7. The molecule has 1 saturated carbocycles. The largest absolute Gasteiger partial charge is 0.355 e. The van der Waals surface area contributed by atoms with Crippen LogP contribution in [0.5, 0.6) is 0 Å². The zero-order valence-corrected chi connectivity index (χ0v) is 19.6. The maximum Gasteiger partial charge on any atom is 0.223 e. The molecule has 1 N–H and O–H groups in total. The molecule has 1 heterocycles. The fourth-order valence-electron chi connectivity index (χ4n) is 4.84. The van der Waals surface area contributed by atoms with Crippen LogP contribution in [0.25, 0.3) is 0 Å². The van der Waals surface area contributed by atoms with Gasteiger partial charge < -0.3 is 10.2 Å². The van der Waals surface area contributed by atoms with Crippen molar-refractivity contribution in [3.63, 3.8) is 0 Å². The number of carbonyl (C=O) groups excluding carboxylic acids is 2. The van der Waals surface area contributed by atoms with Gasteiger partial charge in [0.1, 0.15) is 0 Å². The Bertz CT molecular complexity index is 903. The van der Waals surface area contributed by atoms with Gasteiger partial charge in [-0.25, -0.2) is 0 Å². The summed E-state index contributed by atoms with van der Waals surface area (Å²) in [7, 11) is 0. The van der Waals surface area contributed by atoms with Crippen LogP contribution >= 0.6 is 15.9 Å². The molecule has 4 nitrogen and oxygen atoms in total. The van der Waals surface area contributed by atoms with Crippen molar-refractivity contribution in [1.29, 1.82) is 0 Å². The number of halogens is 1. The number of piperidine rings is 1. The van der Waals surface area contributed by atoms with Crippen LogP contribution in [0.2, 0.25) is 0 Å². The van der Waals surface area contributed by atoms with Crippen molar-refractivity contribution < 1.29 is 9.59 Å². The summed E-state index contributed by atoms with van der Waals surface area (Å²) in [5, 5.41) is 3.25. The van der Waals surface area contributed by atoms with Gasteiger partial charge in [0, 0.05) is 41.9 Å². The molecule has 31 heavy (non-hydrogen) atoms. The third kappa shape index (κ3) is 5.38. The molecule has 5 heteroatoms. The molecule has 0 spiro atoms. The third-order valence-electron chi connectivity index (χ3n) is 7.04. The standard InChI is InChI=1S/C26H31BrN2O2/c27-23-9-4-8-22(18-23)26(14-5-15-26)19-28-25(31)21-12-16-29(17-13-21)24(30)11-10-20-6-2-1-3-7-20/h1-4,6-9,18,21H,5,10-17,19H2,(H,28,31). The highest BCUT2D eigenvalue weighted by Gasteiger charge is 2.39. The number of nitrogens with zero attached hydrogens (tertiary/aromatic N) is 1. The number of likely N-dealkylation sites (tertiary alicyclic amines) is 1.